The van der Waals surface area contributed by atoms with E-state index in [4.69, 9.17) is 0 Å². The average molecular weight is 366 g/mol. The summed E-state index contributed by atoms with van der Waals surface area (Å²) >= 11 is 0. The summed E-state index contributed by atoms with van der Waals surface area (Å²) < 4.78 is 0. The fraction of sp³-hybridized carbons (Fsp3) is 0.300. The standard InChI is InChI=1S/C20H22N4O3/c1-14-4-3-5-18(10-14)22-19(26)16-11-17(13-21-12-16)20(27)24-8-6-23(7-9-24)15(2)25/h3-5,10-13H,6-9H2,1-2H3,(H,22,26). The van der Waals surface area contributed by atoms with Crippen molar-refractivity contribution in [1.82, 2.24) is 14.8 Å². The maximum Gasteiger partial charge on any atom is 0.257 e. The van der Waals surface area contributed by atoms with Gasteiger partial charge in [0.1, 0.15) is 0 Å². The summed E-state index contributed by atoms with van der Waals surface area (Å²) in [5, 5.41) is 2.81. The third-order valence-corrected chi connectivity index (χ3v) is 4.54. The number of carbonyl (C=O) groups excluding carboxylic acids is 3. The Kier molecular flexibility index (Phi) is 5.49. The van der Waals surface area contributed by atoms with E-state index in [0.29, 0.717) is 43.0 Å². The first-order valence-electron chi connectivity index (χ1n) is 8.82. The smallest absolute Gasteiger partial charge is 0.257 e. The molecule has 1 aliphatic heterocycles. The molecule has 1 aliphatic rings. The first-order chi connectivity index (χ1) is 12.9. The second-order valence-electron chi connectivity index (χ2n) is 6.58. The molecule has 1 aromatic carbocycles. The van der Waals surface area contributed by atoms with Gasteiger partial charge in [0, 0.05) is 51.2 Å². The second-order valence-corrected chi connectivity index (χ2v) is 6.58. The number of hydrogen-bond donors (Lipinski definition) is 1. The van der Waals surface area contributed by atoms with Gasteiger partial charge in [-0.05, 0) is 30.7 Å². The van der Waals surface area contributed by atoms with Crippen LogP contribution in [0.25, 0.3) is 0 Å². The molecular formula is C20H22N4O3. The van der Waals surface area contributed by atoms with Crippen molar-refractivity contribution >= 4 is 23.4 Å². The Labute approximate surface area is 158 Å². The number of amides is 3. The molecule has 2 aromatic rings. The highest BCUT2D eigenvalue weighted by Crippen LogP contribution is 2.14. The van der Waals surface area contributed by atoms with E-state index in [0.717, 1.165) is 5.56 Å². The minimum absolute atomic E-state index is 0.0126. The predicted molar refractivity (Wildman–Crippen MR) is 102 cm³/mol. The van der Waals surface area contributed by atoms with Crippen LogP contribution >= 0.6 is 0 Å². The molecule has 27 heavy (non-hydrogen) atoms. The molecule has 0 atom stereocenters. The maximum absolute atomic E-state index is 12.7. The lowest BCUT2D eigenvalue weighted by Crippen LogP contribution is -2.50. The van der Waals surface area contributed by atoms with E-state index in [1.807, 2.05) is 31.2 Å². The Bertz CT molecular complexity index is 873. The highest BCUT2D eigenvalue weighted by atomic mass is 16.2. The number of pyridine rings is 1. The van der Waals surface area contributed by atoms with Crippen LogP contribution in [-0.4, -0.2) is 58.7 Å². The number of rotatable bonds is 3. The maximum atomic E-state index is 12.7. The molecule has 2 heterocycles. The van der Waals surface area contributed by atoms with E-state index in [2.05, 4.69) is 10.3 Å². The average Bonchev–Trinajstić information content (AvgIpc) is 2.67. The van der Waals surface area contributed by atoms with Crippen molar-refractivity contribution in [3.8, 4) is 0 Å². The van der Waals surface area contributed by atoms with Crippen molar-refractivity contribution in [2.75, 3.05) is 31.5 Å². The number of anilines is 1. The van der Waals surface area contributed by atoms with Crippen LogP contribution < -0.4 is 5.32 Å². The van der Waals surface area contributed by atoms with Crippen molar-refractivity contribution in [2.45, 2.75) is 13.8 Å². The molecule has 3 rings (SSSR count). The SMILES string of the molecule is CC(=O)N1CCN(C(=O)c2cncc(C(=O)Nc3cccc(C)c3)c2)CC1. The van der Waals surface area contributed by atoms with Gasteiger partial charge in [-0.1, -0.05) is 12.1 Å². The Balaban J connectivity index is 1.69. The third kappa shape index (κ3) is 4.49. The van der Waals surface area contributed by atoms with Crippen LogP contribution in [0.4, 0.5) is 5.69 Å². The summed E-state index contributed by atoms with van der Waals surface area (Å²) in [4.78, 5) is 44.0. The molecule has 1 fully saturated rings. The van der Waals surface area contributed by atoms with E-state index < -0.39 is 0 Å². The van der Waals surface area contributed by atoms with Crippen molar-refractivity contribution in [3.05, 3.63) is 59.4 Å². The fourth-order valence-electron chi connectivity index (χ4n) is 3.01. The van der Waals surface area contributed by atoms with Crippen molar-refractivity contribution in [1.29, 1.82) is 0 Å². The molecule has 7 heteroatoms. The van der Waals surface area contributed by atoms with E-state index >= 15 is 0 Å². The van der Waals surface area contributed by atoms with Gasteiger partial charge in [-0.25, -0.2) is 0 Å². The van der Waals surface area contributed by atoms with Crippen molar-refractivity contribution in [3.63, 3.8) is 0 Å². The van der Waals surface area contributed by atoms with Crippen LogP contribution in [0.1, 0.15) is 33.2 Å². The lowest BCUT2D eigenvalue weighted by Gasteiger charge is -2.34. The van der Waals surface area contributed by atoms with E-state index in [1.54, 1.807) is 15.9 Å². The minimum Gasteiger partial charge on any atom is -0.339 e. The highest BCUT2D eigenvalue weighted by molar-refractivity contribution is 6.05. The number of piperazine rings is 1. The molecular weight excluding hydrogens is 344 g/mol. The zero-order chi connectivity index (χ0) is 19.4. The van der Waals surface area contributed by atoms with Crippen LogP contribution in [0.15, 0.2) is 42.7 Å². The number of benzene rings is 1. The van der Waals surface area contributed by atoms with Gasteiger partial charge in [0.2, 0.25) is 5.91 Å². The molecule has 0 spiro atoms. The Morgan fingerprint density at radius 1 is 0.963 bits per heavy atom. The van der Waals surface area contributed by atoms with Gasteiger partial charge >= 0.3 is 0 Å². The van der Waals surface area contributed by atoms with Crippen molar-refractivity contribution in [2.24, 2.45) is 0 Å². The molecule has 0 saturated carbocycles. The van der Waals surface area contributed by atoms with Gasteiger partial charge < -0.3 is 15.1 Å². The quantitative estimate of drug-likeness (QED) is 0.900. The minimum atomic E-state index is -0.316. The molecule has 1 N–H and O–H groups in total. The third-order valence-electron chi connectivity index (χ3n) is 4.54. The summed E-state index contributed by atoms with van der Waals surface area (Å²) in [5.41, 5.74) is 2.42. The van der Waals surface area contributed by atoms with Crippen LogP contribution in [0.3, 0.4) is 0 Å². The molecule has 7 nitrogen and oxygen atoms in total. The molecule has 0 aliphatic carbocycles. The monoisotopic (exact) mass is 366 g/mol. The topological polar surface area (TPSA) is 82.6 Å². The molecule has 0 bridgehead atoms. The Morgan fingerprint density at radius 2 is 1.63 bits per heavy atom. The number of nitrogens with zero attached hydrogens (tertiary/aromatic N) is 3. The van der Waals surface area contributed by atoms with Gasteiger partial charge in [-0.3, -0.25) is 19.4 Å². The second kappa shape index (κ2) is 7.99. The predicted octanol–water partition coefficient (Wildman–Crippen LogP) is 1.95. The van der Waals surface area contributed by atoms with Gasteiger partial charge in [0.15, 0.2) is 0 Å². The Hall–Kier alpha value is -3.22. The largest absolute Gasteiger partial charge is 0.339 e. The van der Waals surface area contributed by atoms with Crippen LogP contribution in [0.2, 0.25) is 0 Å². The summed E-state index contributed by atoms with van der Waals surface area (Å²) in [5.74, 6) is -0.487. The lowest BCUT2D eigenvalue weighted by atomic mass is 10.1. The molecule has 3 amide bonds. The van der Waals surface area contributed by atoms with E-state index in [1.165, 1.54) is 19.3 Å². The van der Waals surface area contributed by atoms with Crippen LogP contribution in [0, 0.1) is 6.92 Å². The van der Waals surface area contributed by atoms with Gasteiger partial charge in [-0.15, -0.1) is 0 Å². The number of carbonyl (C=O) groups is 3. The molecule has 1 saturated heterocycles. The Morgan fingerprint density at radius 3 is 2.30 bits per heavy atom. The zero-order valence-corrected chi connectivity index (χ0v) is 15.4. The van der Waals surface area contributed by atoms with Crippen LogP contribution in [0.5, 0.6) is 0 Å². The summed E-state index contributed by atoms with van der Waals surface area (Å²) in [6.45, 7) is 5.44. The molecule has 140 valence electrons. The number of aromatic nitrogens is 1. The summed E-state index contributed by atoms with van der Waals surface area (Å²) in [7, 11) is 0. The van der Waals surface area contributed by atoms with Gasteiger partial charge in [0.05, 0.1) is 11.1 Å². The molecule has 0 unspecified atom stereocenters. The summed E-state index contributed by atoms with van der Waals surface area (Å²) in [6, 6.07) is 9.04. The highest BCUT2D eigenvalue weighted by Gasteiger charge is 2.24. The number of nitrogens with one attached hydrogen (secondary N) is 1. The number of hydrogen-bond acceptors (Lipinski definition) is 4. The van der Waals surface area contributed by atoms with E-state index in [9.17, 15) is 14.4 Å². The number of aryl methyl sites for hydroxylation is 1. The van der Waals surface area contributed by atoms with Gasteiger partial charge in [-0.2, -0.15) is 0 Å². The lowest BCUT2D eigenvalue weighted by molar-refractivity contribution is -0.130. The molecule has 1 aromatic heterocycles. The first-order valence-corrected chi connectivity index (χ1v) is 8.82. The summed E-state index contributed by atoms with van der Waals surface area (Å²) in [6.07, 6.45) is 2.90. The van der Waals surface area contributed by atoms with E-state index in [-0.39, 0.29) is 17.7 Å². The van der Waals surface area contributed by atoms with Crippen LogP contribution in [-0.2, 0) is 4.79 Å². The zero-order valence-electron chi connectivity index (χ0n) is 15.4. The van der Waals surface area contributed by atoms with Gasteiger partial charge in [0.25, 0.3) is 11.8 Å². The molecule has 0 radical (unpaired) electrons. The fourth-order valence-corrected chi connectivity index (χ4v) is 3.01. The first kappa shape index (κ1) is 18.6. The normalized spacial score (nSPS) is 14.0. The van der Waals surface area contributed by atoms with Crippen molar-refractivity contribution < 1.29 is 14.4 Å².